The Labute approximate surface area is 95.2 Å². The van der Waals surface area contributed by atoms with Crippen LogP contribution in [0.4, 0.5) is 11.4 Å². The molecule has 4 N–H and O–H groups in total. The zero-order valence-corrected chi connectivity index (χ0v) is 8.93. The summed E-state index contributed by atoms with van der Waals surface area (Å²) >= 11 is 0. The molecule has 2 nitrogen and oxygen atoms in total. The highest BCUT2D eigenvalue weighted by Gasteiger charge is 1.97. The highest BCUT2D eigenvalue weighted by molar-refractivity contribution is 5.81. The SMILES string of the molecule is Nc1cccc(C=Cc2ccccc2)c1N. The van der Waals surface area contributed by atoms with Gasteiger partial charge in [-0.25, -0.2) is 0 Å². The number of anilines is 2. The Morgan fingerprint density at radius 2 is 1.50 bits per heavy atom. The highest BCUT2D eigenvalue weighted by Crippen LogP contribution is 2.21. The average molecular weight is 210 g/mol. The normalized spacial score (nSPS) is 10.8. The van der Waals surface area contributed by atoms with E-state index in [1.165, 1.54) is 0 Å². The monoisotopic (exact) mass is 210 g/mol. The van der Waals surface area contributed by atoms with Crippen molar-refractivity contribution in [3.8, 4) is 0 Å². The van der Waals surface area contributed by atoms with E-state index in [1.54, 1.807) is 6.07 Å². The van der Waals surface area contributed by atoms with Crippen LogP contribution < -0.4 is 11.5 Å². The van der Waals surface area contributed by atoms with Crippen molar-refractivity contribution in [1.29, 1.82) is 0 Å². The van der Waals surface area contributed by atoms with E-state index >= 15 is 0 Å². The number of rotatable bonds is 2. The molecule has 2 aromatic carbocycles. The van der Waals surface area contributed by atoms with Crippen molar-refractivity contribution in [3.05, 3.63) is 59.7 Å². The summed E-state index contributed by atoms with van der Waals surface area (Å²) in [7, 11) is 0. The summed E-state index contributed by atoms with van der Waals surface area (Å²) in [6.45, 7) is 0. The molecule has 0 aromatic heterocycles. The van der Waals surface area contributed by atoms with Crippen molar-refractivity contribution in [2.75, 3.05) is 11.5 Å². The standard InChI is InChI=1S/C14H14N2/c15-13-8-4-7-12(14(13)16)10-9-11-5-2-1-3-6-11/h1-10H,15-16H2. The maximum Gasteiger partial charge on any atom is 0.0621 e. The first kappa shape index (κ1) is 10.3. The molecule has 2 rings (SSSR count). The fourth-order valence-electron chi connectivity index (χ4n) is 1.50. The lowest BCUT2D eigenvalue weighted by Gasteiger charge is -2.03. The first-order valence-corrected chi connectivity index (χ1v) is 5.14. The van der Waals surface area contributed by atoms with E-state index in [0.29, 0.717) is 11.4 Å². The molecule has 0 amide bonds. The number of hydrogen-bond donors (Lipinski definition) is 2. The average Bonchev–Trinajstić information content (AvgIpc) is 2.32. The minimum atomic E-state index is 0.621. The van der Waals surface area contributed by atoms with Gasteiger partial charge in [0, 0.05) is 0 Å². The lowest BCUT2D eigenvalue weighted by atomic mass is 10.1. The summed E-state index contributed by atoms with van der Waals surface area (Å²) in [6.07, 6.45) is 3.99. The summed E-state index contributed by atoms with van der Waals surface area (Å²) in [5.41, 5.74) is 14.9. The topological polar surface area (TPSA) is 52.0 Å². The van der Waals surface area contributed by atoms with Crippen LogP contribution >= 0.6 is 0 Å². The lowest BCUT2D eigenvalue weighted by molar-refractivity contribution is 1.62. The van der Waals surface area contributed by atoms with Crippen LogP contribution in [0.3, 0.4) is 0 Å². The molecule has 0 aliphatic heterocycles. The van der Waals surface area contributed by atoms with E-state index in [2.05, 4.69) is 0 Å². The van der Waals surface area contributed by atoms with Crippen molar-refractivity contribution in [2.45, 2.75) is 0 Å². The molecule has 0 radical (unpaired) electrons. The first-order chi connectivity index (χ1) is 7.77. The molecule has 16 heavy (non-hydrogen) atoms. The molecule has 0 atom stereocenters. The van der Waals surface area contributed by atoms with E-state index in [-0.39, 0.29) is 0 Å². The van der Waals surface area contributed by atoms with Gasteiger partial charge in [0.1, 0.15) is 0 Å². The predicted molar refractivity (Wildman–Crippen MR) is 70.6 cm³/mol. The molecule has 0 unspecified atom stereocenters. The van der Waals surface area contributed by atoms with E-state index in [0.717, 1.165) is 11.1 Å². The summed E-state index contributed by atoms with van der Waals surface area (Å²) < 4.78 is 0. The zero-order chi connectivity index (χ0) is 11.4. The smallest absolute Gasteiger partial charge is 0.0621 e. The third-order valence-corrected chi connectivity index (χ3v) is 2.43. The third-order valence-electron chi connectivity index (χ3n) is 2.43. The maximum atomic E-state index is 5.87. The van der Waals surface area contributed by atoms with Crippen LogP contribution in [0.1, 0.15) is 11.1 Å². The number of hydrogen-bond acceptors (Lipinski definition) is 2. The highest BCUT2D eigenvalue weighted by atomic mass is 14.7. The second-order valence-corrected chi connectivity index (χ2v) is 3.59. The molecule has 0 bridgehead atoms. The van der Waals surface area contributed by atoms with Gasteiger partial charge in [0.05, 0.1) is 11.4 Å². The van der Waals surface area contributed by atoms with E-state index in [4.69, 9.17) is 11.5 Å². The van der Waals surface area contributed by atoms with Gasteiger partial charge >= 0.3 is 0 Å². The molecule has 0 heterocycles. The number of nitrogen functional groups attached to an aromatic ring is 2. The van der Waals surface area contributed by atoms with E-state index < -0.39 is 0 Å². The first-order valence-electron chi connectivity index (χ1n) is 5.14. The van der Waals surface area contributed by atoms with Crippen molar-refractivity contribution in [1.82, 2.24) is 0 Å². The van der Waals surface area contributed by atoms with Crippen molar-refractivity contribution in [3.63, 3.8) is 0 Å². The molecule has 2 heteroatoms. The van der Waals surface area contributed by atoms with E-state index in [1.807, 2.05) is 54.6 Å². The molecular weight excluding hydrogens is 196 g/mol. The van der Waals surface area contributed by atoms with Crippen molar-refractivity contribution < 1.29 is 0 Å². The molecule has 0 fully saturated rings. The minimum absolute atomic E-state index is 0.621. The summed E-state index contributed by atoms with van der Waals surface area (Å²) in [5, 5.41) is 0. The van der Waals surface area contributed by atoms with Gasteiger partial charge in [-0.05, 0) is 17.2 Å². The summed E-state index contributed by atoms with van der Waals surface area (Å²) in [4.78, 5) is 0. The number of para-hydroxylation sites is 1. The maximum absolute atomic E-state index is 5.87. The van der Waals surface area contributed by atoms with Crippen molar-refractivity contribution in [2.24, 2.45) is 0 Å². The van der Waals surface area contributed by atoms with E-state index in [9.17, 15) is 0 Å². The Bertz CT molecular complexity index is 501. The Kier molecular flexibility index (Phi) is 2.92. The summed E-state index contributed by atoms with van der Waals surface area (Å²) in [5.74, 6) is 0. The number of nitrogens with two attached hydrogens (primary N) is 2. The third kappa shape index (κ3) is 2.23. The van der Waals surface area contributed by atoms with Gasteiger partial charge in [-0.2, -0.15) is 0 Å². The van der Waals surface area contributed by atoms with Gasteiger partial charge in [0.2, 0.25) is 0 Å². The Morgan fingerprint density at radius 1 is 0.750 bits per heavy atom. The molecule has 0 aliphatic rings. The molecule has 0 aliphatic carbocycles. The van der Waals surface area contributed by atoms with Crippen LogP contribution in [-0.2, 0) is 0 Å². The zero-order valence-electron chi connectivity index (χ0n) is 8.93. The molecule has 0 saturated carbocycles. The number of benzene rings is 2. The summed E-state index contributed by atoms with van der Waals surface area (Å²) in [6, 6.07) is 15.7. The van der Waals surface area contributed by atoms with Crippen LogP contribution in [0.5, 0.6) is 0 Å². The molecule has 0 saturated heterocycles. The Morgan fingerprint density at radius 3 is 2.25 bits per heavy atom. The van der Waals surface area contributed by atoms with Crippen LogP contribution in [0.15, 0.2) is 48.5 Å². The fraction of sp³-hybridized carbons (Fsp3) is 0. The quantitative estimate of drug-likeness (QED) is 0.591. The Hall–Kier alpha value is -2.22. The van der Waals surface area contributed by atoms with Crippen LogP contribution in [0, 0.1) is 0 Å². The molecular formula is C14H14N2. The van der Waals surface area contributed by atoms with Gasteiger partial charge < -0.3 is 11.5 Å². The van der Waals surface area contributed by atoms with Gasteiger partial charge in [-0.3, -0.25) is 0 Å². The minimum Gasteiger partial charge on any atom is -0.397 e. The van der Waals surface area contributed by atoms with Gasteiger partial charge in [-0.1, -0.05) is 54.6 Å². The lowest BCUT2D eigenvalue weighted by Crippen LogP contribution is -1.96. The predicted octanol–water partition coefficient (Wildman–Crippen LogP) is 3.02. The molecule has 0 spiro atoms. The second kappa shape index (κ2) is 4.53. The van der Waals surface area contributed by atoms with Crippen LogP contribution in [0.2, 0.25) is 0 Å². The van der Waals surface area contributed by atoms with Gasteiger partial charge in [0.25, 0.3) is 0 Å². The Balaban J connectivity index is 2.28. The van der Waals surface area contributed by atoms with Crippen LogP contribution in [-0.4, -0.2) is 0 Å². The molecule has 2 aromatic rings. The largest absolute Gasteiger partial charge is 0.397 e. The van der Waals surface area contributed by atoms with Crippen LogP contribution in [0.25, 0.3) is 12.2 Å². The molecule has 80 valence electrons. The van der Waals surface area contributed by atoms with Gasteiger partial charge in [0.15, 0.2) is 0 Å². The van der Waals surface area contributed by atoms with Crippen molar-refractivity contribution >= 4 is 23.5 Å². The fourth-order valence-corrected chi connectivity index (χ4v) is 1.50. The second-order valence-electron chi connectivity index (χ2n) is 3.59. The van der Waals surface area contributed by atoms with Gasteiger partial charge in [-0.15, -0.1) is 0 Å².